The summed E-state index contributed by atoms with van der Waals surface area (Å²) in [6.45, 7) is 4.62. The summed E-state index contributed by atoms with van der Waals surface area (Å²) in [6.07, 6.45) is 1.19. The molecule has 0 bridgehead atoms. The lowest BCUT2D eigenvalue weighted by atomic mass is 9.95. The number of nitrogens with zero attached hydrogens (tertiary/aromatic N) is 1. The van der Waals surface area contributed by atoms with Crippen LogP contribution in [-0.2, 0) is 22.6 Å². The Balaban J connectivity index is 1.83. The molecular weight excluding hydrogens is 324 g/mol. The van der Waals surface area contributed by atoms with Gasteiger partial charge >= 0.3 is 0 Å². The zero-order valence-electron chi connectivity index (χ0n) is 15.4. The minimum absolute atomic E-state index is 0.00274. The van der Waals surface area contributed by atoms with Gasteiger partial charge in [0.15, 0.2) is 0 Å². The van der Waals surface area contributed by atoms with Crippen molar-refractivity contribution in [1.82, 2.24) is 10.2 Å². The molecule has 1 aliphatic rings. The summed E-state index contributed by atoms with van der Waals surface area (Å²) in [4.78, 5) is 27.7. The van der Waals surface area contributed by atoms with Gasteiger partial charge in [0.25, 0.3) is 0 Å². The predicted molar refractivity (Wildman–Crippen MR) is 102 cm³/mol. The highest BCUT2D eigenvalue weighted by atomic mass is 16.2. The number of rotatable bonds is 6. The van der Waals surface area contributed by atoms with Gasteiger partial charge in [0.2, 0.25) is 11.8 Å². The summed E-state index contributed by atoms with van der Waals surface area (Å²) < 4.78 is 0. The minimum Gasteiger partial charge on any atom is -0.342 e. The highest BCUT2D eigenvalue weighted by Gasteiger charge is 2.40. The second-order valence-corrected chi connectivity index (χ2v) is 7.35. The van der Waals surface area contributed by atoms with Crippen LogP contribution in [0.1, 0.15) is 31.4 Å². The summed E-state index contributed by atoms with van der Waals surface area (Å²) in [6, 6.07) is 18.8. The topological polar surface area (TPSA) is 49.4 Å². The third-order valence-corrected chi connectivity index (χ3v) is 4.75. The lowest BCUT2D eigenvalue weighted by molar-refractivity contribution is -0.150. The first-order valence-electron chi connectivity index (χ1n) is 9.23. The van der Waals surface area contributed by atoms with Crippen LogP contribution in [-0.4, -0.2) is 28.8 Å². The van der Waals surface area contributed by atoms with Gasteiger partial charge in [0, 0.05) is 13.0 Å². The van der Waals surface area contributed by atoms with Crippen LogP contribution in [0.3, 0.4) is 0 Å². The quantitative estimate of drug-likeness (QED) is 0.870. The van der Waals surface area contributed by atoms with Crippen molar-refractivity contribution in [2.24, 2.45) is 5.92 Å². The average Bonchev–Trinajstić information content (AvgIpc) is 2.64. The molecule has 0 radical (unpaired) electrons. The number of hydrogen-bond donors (Lipinski definition) is 1. The fourth-order valence-corrected chi connectivity index (χ4v) is 3.46. The van der Waals surface area contributed by atoms with Gasteiger partial charge in [-0.15, -0.1) is 0 Å². The molecule has 0 saturated carbocycles. The van der Waals surface area contributed by atoms with Crippen molar-refractivity contribution in [2.45, 2.75) is 45.3 Å². The van der Waals surface area contributed by atoms with Crippen LogP contribution in [0.4, 0.5) is 0 Å². The zero-order valence-corrected chi connectivity index (χ0v) is 15.4. The third-order valence-electron chi connectivity index (χ3n) is 4.75. The normalized spacial score (nSPS) is 20.3. The molecule has 4 nitrogen and oxygen atoms in total. The number of carbonyl (C=O) groups is 2. The highest BCUT2D eigenvalue weighted by Crippen LogP contribution is 2.21. The Labute approximate surface area is 155 Å². The van der Waals surface area contributed by atoms with Crippen molar-refractivity contribution in [3.63, 3.8) is 0 Å². The van der Waals surface area contributed by atoms with Crippen LogP contribution >= 0.6 is 0 Å². The SMILES string of the molecule is CC(C)CC1C(=O)NC(Cc2ccccc2)C(=O)N1Cc1ccccc1. The maximum absolute atomic E-state index is 13.2. The Hall–Kier alpha value is -2.62. The summed E-state index contributed by atoms with van der Waals surface area (Å²) in [5, 5.41) is 2.96. The zero-order chi connectivity index (χ0) is 18.5. The summed E-state index contributed by atoms with van der Waals surface area (Å²) >= 11 is 0. The second kappa shape index (κ2) is 8.17. The average molecular weight is 350 g/mol. The molecule has 1 saturated heterocycles. The first-order valence-corrected chi connectivity index (χ1v) is 9.23. The van der Waals surface area contributed by atoms with E-state index >= 15 is 0 Å². The van der Waals surface area contributed by atoms with Gasteiger partial charge in [-0.3, -0.25) is 9.59 Å². The molecule has 1 fully saturated rings. The molecule has 1 heterocycles. The fraction of sp³-hybridized carbons (Fsp3) is 0.364. The molecule has 2 unspecified atom stereocenters. The van der Waals surface area contributed by atoms with Gasteiger partial charge in [0.05, 0.1) is 0 Å². The Morgan fingerprint density at radius 2 is 1.50 bits per heavy atom. The first-order chi connectivity index (χ1) is 12.5. The molecule has 2 atom stereocenters. The van der Waals surface area contributed by atoms with E-state index in [1.807, 2.05) is 60.7 Å². The fourth-order valence-electron chi connectivity index (χ4n) is 3.46. The van der Waals surface area contributed by atoms with Gasteiger partial charge in [-0.05, 0) is 23.5 Å². The number of benzene rings is 2. The molecule has 2 aromatic carbocycles. The van der Waals surface area contributed by atoms with Crippen LogP contribution in [0.25, 0.3) is 0 Å². The van der Waals surface area contributed by atoms with Crippen LogP contribution in [0.2, 0.25) is 0 Å². The molecule has 26 heavy (non-hydrogen) atoms. The van der Waals surface area contributed by atoms with Crippen molar-refractivity contribution in [2.75, 3.05) is 0 Å². The van der Waals surface area contributed by atoms with E-state index in [4.69, 9.17) is 0 Å². The predicted octanol–water partition coefficient (Wildman–Crippen LogP) is 3.17. The van der Waals surface area contributed by atoms with Crippen molar-refractivity contribution in [1.29, 1.82) is 0 Å². The number of nitrogens with one attached hydrogen (secondary N) is 1. The van der Waals surface area contributed by atoms with Gasteiger partial charge in [-0.2, -0.15) is 0 Å². The maximum Gasteiger partial charge on any atom is 0.246 e. The monoisotopic (exact) mass is 350 g/mol. The van der Waals surface area contributed by atoms with E-state index < -0.39 is 12.1 Å². The molecule has 1 N–H and O–H groups in total. The van der Waals surface area contributed by atoms with Gasteiger partial charge in [0.1, 0.15) is 12.1 Å². The van der Waals surface area contributed by atoms with Crippen molar-refractivity contribution in [3.8, 4) is 0 Å². The molecule has 2 aromatic rings. The lowest BCUT2D eigenvalue weighted by Crippen LogP contribution is -2.63. The maximum atomic E-state index is 13.2. The van der Waals surface area contributed by atoms with E-state index in [9.17, 15) is 9.59 Å². The number of piperazine rings is 1. The van der Waals surface area contributed by atoms with Crippen LogP contribution in [0.5, 0.6) is 0 Å². The van der Waals surface area contributed by atoms with Crippen LogP contribution in [0, 0.1) is 5.92 Å². The Morgan fingerprint density at radius 3 is 2.08 bits per heavy atom. The molecule has 136 valence electrons. The van der Waals surface area contributed by atoms with Gasteiger partial charge < -0.3 is 10.2 Å². The molecule has 4 heteroatoms. The van der Waals surface area contributed by atoms with E-state index in [0.717, 1.165) is 11.1 Å². The van der Waals surface area contributed by atoms with E-state index in [2.05, 4.69) is 19.2 Å². The highest BCUT2D eigenvalue weighted by molar-refractivity contribution is 5.97. The molecule has 0 aliphatic carbocycles. The largest absolute Gasteiger partial charge is 0.342 e. The Kier molecular flexibility index (Phi) is 5.71. The minimum atomic E-state index is -0.503. The number of hydrogen-bond acceptors (Lipinski definition) is 2. The summed E-state index contributed by atoms with van der Waals surface area (Å²) in [7, 11) is 0. The summed E-state index contributed by atoms with van der Waals surface area (Å²) in [5.74, 6) is 0.292. The molecule has 0 spiro atoms. The van der Waals surface area contributed by atoms with E-state index in [0.29, 0.717) is 25.3 Å². The van der Waals surface area contributed by atoms with Crippen molar-refractivity contribution < 1.29 is 9.59 Å². The Morgan fingerprint density at radius 1 is 0.923 bits per heavy atom. The molecule has 1 aliphatic heterocycles. The summed E-state index contributed by atoms with van der Waals surface area (Å²) in [5.41, 5.74) is 2.09. The second-order valence-electron chi connectivity index (χ2n) is 7.35. The van der Waals surface area contributed by atoms with Crippen molar-refractivity contribution in [3.05, 3.63) is 71.8 Å². The number of carbonyl (C=O) groups excluding carboxylic acids is 2. The van der Waals surface area contributed by atoms with Crippen LogP contribution < -0.4 is 5.32 Å². The van der Waals surface area contributed by atoms with Gasteiger partial charge in [-0.25, -0.2) is 0 Å². The Bertz CT molecular complexity index is 743. The van der Waals surface area contributed by atoms with E-state index in [-0.39, 0.29) is 11.8 Å². The third kappa shape index (κ3) is 4.31. The number of amides is 2. The molecule has 3 rings (SSSR count). The molecule has 2 amide bonds. The first kappa shape index (κ1) is 18.2. The lowest BCUT2D eigenvalue weighted by Gasteiger charge is -2.40. The standard InChI is InChI=1S/C22H26N2O2/c1-16(2)13-20-21(25)23-19(14-17-9-5-3-6-10-17)22(26)24(20)15-18-11-7-4-8-12-18/h3-12,16,19-20H,13-15H2,1-2H3,(H,23,25). The molecule has 0 aromatic heterocycles. The van der Waals surface area contributed by atoms with E-state index in [1.54, 1.807) is 4.90 Å². The van der Waals surface area contributed by atoms with Gasteiger partial charge in [-0.1, -0.05) is 74.5 Å². The molecular formula is C22H26N2O2. The smallest absolute Gasteiger partial charge is 0.246 e. The van der Waals surface area contributed by atoms with Crippen molar-refractivity contribution >= 4 is 11.8 Å². The van der Waals surface area contributed by atoms with Crippen LogP contribution in [0.15, 0.2) is 60.7 Å². The van der Waals surface area contributed by atoms with E-state index in [1.165, 1.54) is 0 Å².